The first kappa shape index (κ1) is 45.8. The van der Waals surface area contributed by atoms with Crippen LogP contribution in [-0.2, 0) is 10.8 Å². The van der Waals surface area contributed by atoms with E-state index in [2.05, 4.69) is 275 Å². The van der Waals surface area contributed by atoms with E-state index in [4.69, 9.17) is 9.72 Å². The zero-order valence-electron chi connectivity index (χ0n) is 43.1. The van der Waals surface area contributed by atoms with Crippen LogP contribution in [0.15, 0.2) is 206 Å². The van der Waals surface area contributed by atoms with Crippen molar-refractivity contribution in [1.29, 1.82) is 0 Å². The molecule has 0 amide bonds. The molecule has 0 spiro atoms. The number of aromatic nitrogens is 3. The predicted molar refractivity (Wildman–Crippen MR) is 306 cm³/mol. The molecule has 3 aromatic heterocycles. The molecule has 360 valence electrons. The molecule has 6 nitrogen and oxygen atoms in total. The second-order valence-corrected chi connectivity index (χ2v) is 21.9. The molecular weight excluding hydrogens is 891 g/mol. The van der Waals surface area contributed by atoms with Gasteiger partial charge in [0.15, 0.2) is 0 Å². The molecular formula is C67H61N5O. The zero-order chi connectivity index (χ0) is 50.2. The highest BCUT2D eigenvalue weighted by Crippen LogP contribution is 2.51. The third kappa shape index (κ3) is 8.12. The molecule has 0 saturated carbocycles. The van der Waals surface area contributed by atoms with Gasteiger partial charge in [-0.25, -0.2) is 4.98 Å². The monoisotopic (exact) mass is 951 g/mol. The highest BCUT2D eigenvalue weighted by atomic mass is 16.5. The molecule has 0 unspecified atom stereocenters. The third-order valence-electron chi connectivity index (χ3n) is 14.8. The van der Waals surface area contributed by atoms with E-state index < -0.39 is 0 Å². The number of fused-ring (bicyclic) bond motifs is 6. The Morgan fingerprint density at radius 2 is 1.05 bits per heavy atom. The summed E-state index contributed by atoms with van der Waals surface area (Å²) >= 11 is 0. The topological polar surface area (TPSA) is 38.5 Å². The van der Waals surface area contributed by atoms with Crippen molar-refractivity contribution in [2.45, 2.75) is 72.1 Å². The van der Waals surface area contributed by atoms with Crippen molar-refractivity contribution in [2.75, 3.05) is 16.5 Å². The van der Waals surface area contributed by atoms with Crippen molar-refractivity contribution in [3.63, 3.8) is 0 Å². The lowest BCUT2D eigenvalue weighted by Crippen LogP contribution is -2.25. The minimum Gasteiger partial charge on any atom is -0.457 e. The molecule has 0 saturated heterocycles. The lowest BCUT2D eigenvalue weighted by Gasteiger charge is -2.27. The normalized spacial score (nSPS) is 12.9. The van der Waals surface area contributed by atoms with Gasteiger partial charge in [-0.1, -0.05) is 177 Å². The van der Waals surface area contributed by atoms with E-state index in [1.807, 2.05) is 6.20 Å². The maximum absolute atomic E-state index is 6.96. The Morgan fingerprint density at radius 1 is 0.466 bits per heavy atom. The van der Waals surface area contributed by atoms with Crippen LogP contribution < -0.4 is 14.5 Å². The van der Waals surface area contributed by atoms with E-state index in [9.17, 15) is 0 Å². The first-order valence-corrected chi connectivity index (χ1v) is 25.7. The Labute approximate surface area is 429 Å². The van der Waals surface area contributed by atoms with Crippen LogP contribution in [0.5, 0.6) is 11.5 Å². The van der Waals surface area contributed by atoms with Crippen molar-refractivity contribution in [1.82, 2.24) is 14.1 Å². The molecule has 0 bridgehead atoms. The van der Waals surface area contributed by atoms with Gasteiger partial charge >= 0.3 is 0 Å². The number of nitrogens with zero attached hydrogens (tertiary/aromatic N) is 5. The molecule has 1 aliphatic heterocycles. The van der Waals surface area contributed by atoms with Crippen LogP contribution in [0.25, 0.3) is 66.6 Å². The van der Waals surface area contributed by atoms with E-state index in [1.54, 1.807) is 0 Å². The van der Waals surface area contributed by atoms with Gasteiger partial charge in [-0.2, -0.15) is 0 Å². The van der Waals surface area contributed by atoms with Crippen LogP contribution in [-0.4, -0.2) is 20.8 Å². The van der Waals surface area contributed by atoms with Crippen molar-refractivity contribution in [3.8, 4) is 45.3 Å². The summed E-state index contributed by atoms with van der Waals surface area (Å²) in [7, 11) is 0. The molecule has 0 radical (unpaired) electrons. The van der Waals surface area contributed by atoms with Crippen molar-refractivity contribution in [2.24, 2.45) is 0 Å². The average molecular weight is 952 g/mol. The molecule has 73 heavy (non-hydrogen) atoms. The molecule has 12 rings (SSSR count). The molecule has 11 aromatic rings. The molecule has 1 aliphatic rings. The Morgan fingerprint density at radius 3 is 1.75 bits per heavy atom. The van der Waals surface area contributed by atoms with Gasteiger partial charge in [-0.15, -0.1) is 0 Å². The van der Waals surface area contributed by atoms with Gasteiger partial charge < -0.3 is 19.1 Å². The third-order valence-corrected chi connectivity index (χ3v) is 14.8. The Hall–Kier alpha value is -8.35. The van der Waals surface area contributed by atoms with E-state index in [0.29, 0.717) is 12.6 Å². The van der Waals surface area contributed by atoms with Crippen LogP contribution in [0, 0.1) is 0 Å². The standard InChI is InChI=1S/C67H61N5O/c1-44(2)45-28-30-46(31-29-45)54-23-17-24-55(47-32-34-48(35-33-47)66(3,4)5)63(54)70-43-69(59-26-14-15-27-60(59)70)51-20-16-21-52(41-51)73-53-36-37-57-61(42-53)72(62-40-49(38-39-68-62)67(6,7)8)65-56-22-12-13-25-58(56)71(64(57)65)50-18-10-9-11-19-50/h9-42,44H,43H2,1-8H3. The summed E-state index contributed by atoms with van der Waals surface area (Å²) in [4.78, 5) is 9.99. The zero-order valence-corrected chi connectivity index (χ0v) is 43.1. The lowest BCUT2D eigenvalue weighted by molar-refractivity contribution is 0.483. The minimum absolute atomic E-state index is 0.0552. The van der Waals surface area contributed by atoms with Crippen molar-refractivity contribution in [3.05, 3.63) is 223 Å². The summed E-state index contributed by atoms with van der Waals surface area (Å²) in [6.07, 6.45) is 1.95. The van der Waals surface area contributed by atoms with Gasteiger partial charge in [0.2, 0.25) is 0 Å². The number of hydrogen-bond donors (Lipinski definition) is 0. The predicted octanol–water partition coefficient (Wildman–Crippen LogP) is 18.2. The van der Waals surface area contributed by atoms with Crippen molar-refractivity contribution < 1.29 is 4.74 Å². The van der Waals surface area contributed by atoms with Gasteiger partial charge in [0.1, 0.15) is 24.0 Å². The number of para-hydroxylation sites is 5. The van der Waals surface area contributed by atoms with Gasteiger partial charge in [0, 0.05) is 51.6 Å². The lowest BCUT2D eigenvalue weighted by atomic mass is 9.85. The van der Waals surface area contributed by atoms with Crippen LogP contribution in [0.3, 0.4) is 0 Å². The van der Waals surface area contributed by atoms with Crippen LogP contribution in [0.1, 0.15) is 78.0 Å². The van der Waals surface area contributed by atoms with Crippen LogP contribution >= 0.6 is 0 Å². The number of anilines is 4. The summed E-state index contributed by atoms with van der Waals surface area (Å²) in [5.74, 6) is 2.83. The van der Waals surface area contributed by atoms with E-state index in [1.165, 1.54) is 44.6 Å². The van der Waals surface area contributed by atoms with E-state index >= 15 is 0 Å². The summed E-state index contributed by atoms with van der Waals surface area (Å²) in [6, 6.07) is 72.7. The Kier molecular flexibility index (Phi) is 11.1. The maximum atomic E-state index is 6.96. The Balaban J connectivity index is 0.958. The van der Waals surface area contributed by atoms with E-state index in [-0.39, 0.29) is 10.8 Å². The van der Waals surface area contributed by atoms with Crippen molar-refractivity contribution >= 4 is 55.6 Å². The molecule has 0 atom stereocenters. The number of rotatable bonds is 9. The quantitative estimate of drug-likeness (QED) is 0.144. The fourth-order valence-corrected chi connectivity index (χ4v) is 10.8. The smallest absolute Gasteiger partial charge is 0.137 e. The van der Waals surface area contributed by atoms with Gasteiger partial charge in [0.25, 0.3) is 0 Å². The molecule has 6 heteroatoms. The summed E-state index contributed by atoms with van der Waals surface area (Å²) < 4.78 is 11.7. The van der Waals surface area contributed by atoms with E-state index in [0.717, 1.165) is 72.9 Å². The maximum Gasteiger partial charge on any atom is 0.137 e. The fourth-order valence-electron chi connectivity index (χ4n) is 10.8. The highest BCUT2D eigenvalue weighted by molar-refractivity contribution is 6.20. The average Bonchev–Trinajstić information content (AvgIpc) is 4.06. The SMILES string of the molecule is CC(C)c1ccc(-c2cccc(-c3ccc(C(C)(C)C)cc3)c2N2CN(c3cccc(Oc4ccc5c(c4)n(-c4cc(C(C)(C)C)ccn4)c4c6ccccc6n(-c6ccccc6)c54)c3)c3ccccc32)cc1. The van der Waals surface area contributed by atoms with Crippen LogP contribution in [0.2, 0.25) is 0 Å². The molecule has 0 aliphatic carbocycles. The van der Waals surface area contributed by atoms with Gasteiger partial charge in [0.05, 0.1) is 39.1 Å². The number of benzene rings is 8. The first-order valence-electron chi connectivity index (χ1n) is 25.7. The molecule has 0 fully saturated rings. The Bertz CT molecular complexity index is 3850. The fraction of sp³-hybridized carbons (Fsp3) is 0.179. The summed E-state index contributed by atoms with van der Waals surface area (Å²) in [6.45, 7) is 18.7. The number of pyridine rings is 1. The van der Waals surface area contributed by atoms with Crippen LogP contribution in [0.4, 0.5) is 22.7 Å². The second-order valence-electron chi connectivity index (χ2n) is 21.9. The number of ether oxygens (including phenoxy) is 1. The molecule has 4 heterocycles. The molecule has 8 aromatic carbocycles. The minimum atomic E-state index is -0.0619. The highest BCUT2D eigenvalue weighted by Gasteiger charge is 2.32. The number of hydrogen-bond acceptors (Lipinski definition) is 4. The summed E-state index contributed by atoms with van der Waals surface area (Å²) in [5.41, 5.74) is 18.7. The molecule has 0 N–H and O–H groups in total. The second kappa shape index (κ2) is 17.7. The first-order chi connectivity index (χ1) is 35.3. The summed E-state index contributed by atoms with van der Waals surface area (Å²) in [5, 5.41) is 2.28. The largest absolute Gasteiger partial charge is 0.457 e. The van der Waals surface area contributed by atoms with Gasteiger partial charge in [-0.3, -0.25) is 4.57 Å². The van der Waals surface area contributed by atoms with Gasteiger partial charge in [-0.05, 0) is 111 Å².